The van der Waals surface area contributed by atoms with E-state index in [9.17, 15) is 8.42 Å². The molecule has 156 valence electrons. The molecule has 4 rings (SSSR count). The zero-order valence-corrected chi connectivity index (χ0v) is 17.8. The minimum absolute atomic E-state index is 0.0838. The number of benzene rings is 3. The van der Waals surface area contributed by atoms with Crippen LogP contribution in [0.3, 0.4) is 0 Å². The minimum atomic E-state index is -3.63. The van der Waals surface area contributed by atoms with Crippen LogP contribution in [0, 0.1) is 0 Å². The molecular weight excluding hydrogens is 408 g/mol. The van der Waals surface area contributed by atoms with Crippen molar-refractivity contribution in [3.63, 3.8) is 0 Å². The van der Waals surface area contributed by atoms with Crippen molar-refractivity contribution in [3.05, 3.63) is 103 Å². The van der Waals surface area contributed by atoms with Crippen molar-refractivity contribution >= 4 is 21.5 Å². The lowest BCUT2D eigenvalue weighted by atomic mass is 10.1. The van der Waals surface area contributed by atoms with Gasteiger partial charge in [0.1, 0.15) is 5.82 Å². The van der Waals surface area contributed by atoms with E-state index in [0.717, 1.165) is 11.1 Å². The van der Waals surface area contributed by atoms with E-state index in [1.807, 2.05) is 30.3 Å². The summed E-state index contributed by atoms with van der Waals surface area (Å²) in [6.07, 6.45) is 3.37. The molecule has 0 spiro atoms. The standard InChI is InChI=1S/C24H22N4O2S/c1-18(19-8-4-2-5-9-19)26-24-17-25-16-23(27-24)20-12-14-21(15-13-20)28-31(29,30)22-10-6-3-7-11-22/h2-18,28H,1H3,(H,26,27). The predicted molar refractivity (Wildman–Crippen MR) is 123 cm³/mol. The third kappa shape index (κ3) is 5.07. The quantitative estimate of drug-likeness (QED) is 0.425. The van der Waals surface area contributed by atoms with Gasteiger partial charge in [0.15, 0.2) is 0 Å². The molecule has 0 aliphatic carbocycles. The van der Waals surface area contributed by atoms with E-state index in [1.165, 1.54) is 0 Å². The first-order valence-electron chi connectivity index (χ1n) is 9.83. The average Bonchev–Trinajstić information content (AvgIpc) is 2.81. The van der Waals surface area contributed by atoms with Crippen molar-refractivity contribution in [2.24, 2.45) is 0 Å². The third-order valence-corrected chi connectivity index (χ3v) is 6.18. The highest BCUT2D eigenvalue weighted by atomic mass is 32.2. The number of nitrogens with zero attached hydrogens (tertiary/aromatic N) is 2. The van der Waals surface area contributed by atoms with Crippen molar-refractivity contribution in [2.75, 3.05) is 10.0 Å². The molecule has 0 aliphatic rings. The molecule has 1 aromatic heterocycles. The number of hydrogen-bond acceptors (Lipinski definition) is 5. The summed E-state index contributed by atoms with van der Waals surface area (Å²) < 4.78 is 27.6. The number of anilines is 2. The molecule has 0 radical (unpaired) electrons. The molecule has 0 amide bonds. The Morgan fingerprint density at radius 1 is 0.806 bits per heavy atom. The highest BCUT2D eigenvalue weighted by Crippen LogP contribution is 2.23. The lowest BCUT2D eigenvalue weighted by Gasteiger charge is -2.15. The SMILES string of the molecule is CC(Nc1cncc(-c2ccc(NS(=O)(=O)c3ccccc3)cc2)n1)c1ccccc1. The van der Waals surface area contributed by atoms with Crippen LogP contribution < -0.4 is 10.0 Å². The van der Waals surface area contributed by atoms with E-state index in [2.05, 4.69) is 39.1 Å². The maximum absolute atomic E-state index is 12.5. The molecule has 1 heterocycles. The monoisotopic (exact) mass is 430 g/mol. The normalized spacial score (nSPS) is 12.2. The molecule has 0 bridgehead atoms. The minimum Gasteiger partial charge on any atom is -0.362 e. The summed E-state index contributed by atoms with van der Waals surface area (Å²) in [7, 11) is -3.63. The van der Waals surface area contributed by atoms with Gasteiger partial charge in [0.25, 0.3) is 10.0 Å². The van der Waals surface area contributed by atoms with Crippen LogP contribution in [0.2, 0.25) is 0 Å². The van der Waals surface area contributed by atoms with Crippen LogP contribution in [0.1, 0.15) is 18.5 Å². The molecule has 31 heavy (non-hydrogen) atoms. The van der Waals surface area contributed by atoms with Gasteiger partial charge in [0.05, 0.1) is 23.0 Å². The fourth-order valence-electron chi connectivity index (χ4n) is 3.14. The van der Waals surface area contributed by atoms with Crippen LogP contribution in [-0.2, 0) is 10.0 Å². The molecule has 0 fully saturated rings. The van der Waals surface area contributed by atoms with Crippen LogP contribution in [0.15, 0.2) is 102 Å². The van der Waals surface area contributed by atoms with E-state index in [-0.39, 0.29) is 10.9 Å². The molecule has 7 heteroatoms. The molecule has 1 unspecified atom stereocenters. The molecular formula is C24H22N4O2S. The van der Waals surface area contributed by atoms with E-state index in [4.69, 9.17) is 0 Å². The van der Waals surface area contributed by atoms with Gasteiger partial charge in [0.2, 0.25) is 0 Å². The third-order valence-electron chi connectivity index (χ3n) is 4.78. The Balaban J connectivity index is 1.49. The van der Waals surface area contributed by atoms with E-state index < -0.39 is 10.0 Å². The second kappa shape index (κ2) is 8.97. The van der Waals surface area contributed by atoms with Crippen molar-refractivity contribution < 1.29 is 8.42 Å². The smallest absolute Gasteiger partial charge is 0.261 e. The van der Waals surface area contributed by atoms with Crippen LogP contribution in [0.4, 0.5) is 11.5 Å². The first kappa shape index (κ1) is 20.6. The van der Waals surface area contributed by atoms with Crippen molar-refractivity contribution in [1.29, 1.82) is 0 Å². The van der Waals surface area contributed by atoms with Gasteiger partial charge in [-0.2, -0.15) is 0 Å². The molecule has 3 aromatic carbocycles. The second-order valence-electron chi connectivity index (χ2n) is 7.06. The first-order chi connectivity index (χ1) is 15.0. The first-order valence-corrected chi connectivity index (χ1v) is 11.3. The molecule has 0 aliphatic heterocycles. The topological polar surface area (TPSA) is 84.0 Å². The van der Waals surface area contributed by atoms with E-state index >= 15 is 0 Å². The Labute approximate surface area is 182 Å². The van der Waals surface area contributed by atoms with E-state index in [1.54, 1.807) is 54.9 Å². The van der Waals surface area contributed by atoms with Gasteiger partial charge in [-0.05, 0) is 36.8 Å². The molecule has 0 saturated heterocycles. The van der Waals surface area contributed by atoms with Gasteiger partial charge in [-0.1, -0.05) is 60.7 Å². The number of hydrogen-bond donors (Lipinski definition) is 2. The summed E-state index contributed by atoms with van der Waals surface area (Å²) in [5.74, 6) is 0.669. The van der Waals surface area contributed by atoms with Gasteiger partial charge in [0, 0.05) is 17.3 Å². The predicted octanol–water partition coefficient (Wildman–Crippen LogP) is 5.12. The Bertz CT molecular complexity index is 1250. The Kier molecular flexibility index (Phi) is 5.95. The summed E-state index contributed by atoms with van der Waals surface area (Å²) in [6.45, 7) is 2.07. The fourth-order valence-corrected chi connectivity index (χ4v) is 4.22. The highest BCUT2D eigenvalue weighted by Gasteiger charge is 2.13. The molecule has 2 N–H and O–H groups in total. The summed E-state index contributed by atoms with van der Waals surface area (Å²) in [6, 6.07) is 25.5. The van der Waals surface area contributed by atoms with Crippen LogP contribution >= 0.6 is 0 Å². The maximum atomic E-state index is 12.5. The number of nitrogens with one attached hydrogen (secondary N) is 2. The van der Waals surface area contributed by atoms with Crippen LogP contribution in [0.25, 0.3) is 11.3 Å². The lowest BCUT2D eigenvalue weighted by Crippen LogP contribution is -2.12. The fraction of sp³-hybridized carbons (Fsp3) is 0.0833. The molecule has 4 aromatic rings. The Morgan fingerprint density at radius 2 is 1.45 bits per heavy atom. The summed E-state index contributed by atoms with van der Waals surface area (Å²) in [5, 5.41) is 3.36. The number of sulfonamides is 1. The van der Waals surface area contributed by atoms with Gasteiger partial charge in [-0.25, -0.2) is 13.4 Å². The van der Waals surface area contributed by atoms with Crippen molar-refractivity contribution in [1.82, 2.24) is 9.97 Å². The largest absolute Gasteiger partial charge is 0.362 e. The van der Waals surface area contributed by atoms with Crippen LogP contribution in [-0.4, -0.2) is 18.4 Å². The zero-order chi connectivity index (χ0) is 21.7. The number of rotatable bonds is 7. The summed E-state index contributed by atoms with van der Waals surface area (Å²) in [5.41, 5.74) is 3.17. The van der Waals surface area contributed by atoms with Gasteiger partial charge in [-0.15, -0.1) is 0 Å². The Morgan fingerprint density at radius 3 is 2.13 bits per heavy atom. The summed E-state index contributed by atoms with van der Waals surface area (Å²) >= 11 is 0. The second-order valence-corrected chi connectivity index (χ2v) is 8.74. The van der Waals surface area contributed by atoms with Crippen molar-refractivity contribution in [3.8, 4) is 11.3 Å². The summed E-state index contributed by atoms with van der Waals surface area (Å²) in [4.78, 5) is 9.16. The van der Waals surface area contributed by atoms with E-state index in [0.29, 0.717) is 17.2 Å². The number of aromatic nitrogens is 2. The Hall–Kier alpha value is -3.71. The highest BCUT2D eigenvalue weighted by molar-refractivity contribution is 7.92. The maximum Gasteiger partial charge on any atom is 0.261 e. The van der Waals surface area contributed by atoms with Crippen molar-refractivity contribution in [2.45, 2.75) is 17.9 Å². The molecule has 0 saturated carbocycles. The van der Waals surface area contributed by atoms with Gasteiger partial charge < -0.3 is 5.32 Å². The van der Waals surface area contributed by atoms with Gasteiger partial charge in [-0.3, -0.25) is 9.71 Å². The average molecular weight is 431 g/mol. The lowest BCUT2D eigenvalue weighted by molar-refractivity contribution is 0.601. The molecule has 6 nitrogen and oxygen atoms in total. The van der Waals surface area contributed by atoms with Gasteiger partial charge >= 0.3 is 0 Å². The molecule has 1 atom stereocenters. The zero-order valence-electron chi connectivity index (χ0n) is 16.9. The van der Waals surface area contributed by atoms with Crippen LogP contribution in [0.5, 0.6) is 0 Å².